The molecule has 4 rings (SSSR count). The fourth-order valence-electron chi connectivity index (χ4n) is 3.93. The van der Waals surface area contributed by atoms with Crippen LogP contribution in [0.25, 0.3) is 23.1 Å². The van der Waals surface area contributed by atoms with Gasteiger partial charge in [-0.2, -0.15) is 5.10 Å². The Hall–Kier alpha value is -3.41. The van der Waals surface area contributed by atoms with Crippen molar-refractivity contribution < 1.29 is 9.59 Å². The molecule has 0 bridgehead atoms. The van der Waals surface area contributed by atoms with E-state index in [1.165, 1.54) is 0 Å². The average Bonchev–Trinajstić information content (AvgIpc) is 3.20. The topological polar surface area (TPSA) is 69.3 Å². The molecule has 1 fully saturated rings. The van der Waals surface area contributed by atoms with Crippen LogP contribution >= 0.6 is 0 Å². The number of hydrogen-bond donors (Lipinski definition) is 1. The van der Waals surface area contributed by atoms with Gasteiger partial charge in [-0.05, 0) is 35.3 Å². The van der Waals surface area contributed by atoms with Crippen LogP contribution in [0, 0.1) is 5.41 Å². The predicted molar refractivity (Wildman–Crippen MR) is 128 cm³/mol. The number of amides is 2. The summed E-state index contributed by atoms with van der Waals surface area (Å²) in [6.45, 7) is 8.55. The summed E-state index contributed by atoms with van der Waals surface area (Å²) in [4.78, 5) is 29.0. The lowest BCUT2D eigenvalue weighted by Crippen LogP contribution is -2.51. The van der Waals surface area contributed by atoms with Gasteiger partial charge in [0.2, 0.25) is 5.91 Å². The number of carbonyl (C=O) groups is 2. The van der Waals surface area contributed by atoms with Gasteiger partial charge in [0, 0.05) is 43.5 Å². The van der Waals surface area contributed by atoms with Gasteiger partial charge in [0.15, 0.2) is 0 Å². The number of nitrogens with zero attached hydrogens (tertiary/aromatic N) is 3. The van der Waals surface area contributed by atoms with E-state index in [-0.39, 0.29) is 17.2 Å². The summed E-state index contributed by atoms with van der Waals surface area (Å²) in [6, 6.07) is 15.6. The van der Waals surface area contributed by atoms with E-state index < -0.39 is 0 Å². The standard InChI is InChI=1S/C26H30N4O2/c1-26(2,3)18-24(31)29-14-16-30(17-15-29)25(32)20-11-8-19(9-12-20)10-13-23-21-6-4-5-7-22(21)27-28-23/h4-13H,14-18H2,1-3H3,(H,27,28)/b13-10+. The predicted octanol–water partition coefficient (Wildman–Crippen LogP) is 4.45. The molecule has 166 valence electrons. The summed E-state index contributed by atoms with van der Waals surface area (Å²) in [5.41, 5.74) is 3.55. The minimum absolute atomic E-state index is 0.0155. The zero-order chi connectivity index (χ0) is 22.7. The van der Waals surface area contributed by atoms with Gasteiger partial charge in [-0.3, -0.25) is 14.7 Å². The quantitative estimate of drug-likeness (QED) is 0.665. The minimum Gasteiger partial charge on any atom is -0.339 e. The third-order valence-corrected chi connectivity index (χ3v) is 5.69. The fourth-order valence-corrected chi connectivity index (χ4v) is 3.93. The number of aromatic nitrogens is 2. The summed E-state index contributed by atoms with van der Waals surface area (Å²) in [6.07, 6.45) is 4.50. The fraction of sp³-hybridized carbons (Fsp3) is 0.346. The number of fused-ring (bicyclic) bond motifs is 1. The van der Waals surface area contributed by atoms with Crippen LogP contribution in [0.3, 0.4) is 0 Å². The Kier molecular flexibility index (Phi) is 6.12. The zero-order valence-corrected chi connectivity index (χ0v) is 19.0. The number of benzene rings is 2. The lowest BCUT2D eigenvalue weighted by atomic mass is 9.91. The first-order valence-electron chi connectivity index (χ1n) is 11.1. The van der Waals surface area contributed by atoms with Crippen LogP contribution in [0.2, 0.25) is 0 Å². The maximum atomic E-state index is 12.9. The molecule has 1 aliphatic rings. The molecule has 1 N–H and O–H groups in total. The van der Waals surface area contributed by atoms with E-state index in [4.69, 9.17) is 0 Å². The van der Waals surface area contributed by atoms with E-state index in [0.29, 0.717) is 38.2 Å². The van der Waals surface area contributed by atoms with Crippen LogP contribution in [0.1, 0.15) is 48.8 Å². The lowest BCUT2D eigenvalue weighted by Gasteiger charge is -2.36. The number of nitrogens with one attached hydrogen (secondary N) is 1. The first kappa shape index (κ1) is 21.8. The number of carbonyl (C=O) groups excluding carboxylic acids is 2. The number of piperazine rings is 1. The maximum absolute atomic E-state index is 12.9. The Balaban J connectivity index is 1.35. The SMILES string of the molecule is CC(C)(C)CC(=O)N1CCN(C(=O)c2ccc(/C=C/c3n[nH]c4ccccc34)cc2)CC1. The van der Waals surface area contributed by atoms with Crippen molar-refractivity contribution in [2.24, 2.45) is 5.41 Å². The Morgan fingerprint density at radius 1 is 0.938 bits per heavy atom. The van der Waals surface area contributed by atoms with Crippen molar-refractivity contribution in [3.8, 4) is 0 Å². The number of H-pyrrole nitrogens is 1. The third-order valence-electron chi connectivity index (χ3n) is 5.69. The highest BCUT2D eigenvalue weighted by Crippen LogP contribution is 2.21. The summed E-state index contributed by atoms with van der Waals surface area (Å²) >= 11 is 0. The third kappa shape index (κ3) is 5.07. The van der Waals surface area contributed by atoms with Crippen LogP contribution in [0.5, 0.6) is 0 Å². The van der Waals surface area contributed by atoms with E-state index in [1.54, 1.807) is 0 Å². The molecule has 3 aromatic rings. The van der Waals surface area contributed by atoms with Crippen LogP contribution < -0.4 is 0 Å². The van der Waals surface area contributed by atoms with Crippen molar-refractivity contribution in [2.45, 2.75) is 27.2 Å². The molecule has 1 saturated heterocycles. The van der Waals surface area contributed by atoms with E-state index in [2.05, 4.69) is 31.0 Å². The van der Waals surface area contributed by atoms with Crippen molar-refractivity contribution in [2.75, 3.05) is 26.2 Å². The molecule has 2 amide bonds. The monoisotopic (exact) mass is 430 g/mol. The van der Waals surface area contributed by atoms with Crippen molar-refractivity contribution in [1.29, 1.82) is 0 Å². The smallest absolute Gasteiger partial charge is 0.253 e. The number of para-hydroxylation sites is 1. The van der Waals surface area contributed by atoms with Gasteiger partial charge < -0.3 is 9.80 Å². The normalized spacial score (nSPS) is 15.0. The van der Waals surface area contributed by atoms with Gasteiger partial charge in [0.1, 0.15) is 0 Å². The van der Waals surface area contributed by atoms with E-state index in [9.17, 15) is 9.59 Å². The van der Waals surface area contributed by atoms with Gasteiger partial charge in [-0.15, -0.1) is 0 Å². The Bertz CT molecular complexity index is 1130. The molecule has 0 atom stereocenters. The van der Waals surface area contributed by atoms with Crippen molar-refractivity contribution >= 4 is 34.9 Å². The van der Waals surface area contributed by atoms with E-state index in [1.807, 2.05) is 70.5 Å². The van der Waals surface area contributed by atoms with E-state index in [0.717, 1.165) is 22.2 Å². The Labute approximate surface area is 188 Å². The number of hydrogen-bond acceptors (Lipinski definition) is 3. The molecule has 2 aromatic carbocycles. The van der Waals surface area contributed by atoms with Crippen LogP contribution in [-0.2, 0) is 4.79 Å². The lowest BCUT2D eigenvalue weighted by molar-refractivity contribution is -0.134. The highest BCUT2D eigenvalue weighted by Gasteiger charge is 2.27. The second-order valence-corrected chi connectivity index (χ2v) is 9.52. The molecule has 0 saturated carbocycles. The number of rotatable bonds is 4. The van der Waals surface area contributed by atoms with Crippen LogP contribution in [0.4, 0.5) is 0 Å². The van der Waals surface area contributed by atoms with Crippen molar-refractivity contribution in [3.05, 3.63) is 65.4 Å². The van der Waals surface area contributed by atoms with Gasteiger partial charge in [-0.1, -0.05) is 57.2 Å². The number of aromatic amines is 1. The van der Waals surface area contributed by atoms with E-state index >= 15 is 0 Å². The largest absolute Gasteiger partial charge is 0.339 e. The van der Waals surface area contributed by atoms with Gasteiger partial charge in [0.25, 0.3) is 5.91 Å². The minimum atomic E-state index is -0.0233. The second kappa shape index (κ2) is 8.99. The molecule has 2 heterocycles. The molecule has 0 unspecified atom stereocenters. The van der Waals surface area contributed by atoms with Crippen molar-refractivity contribution in [1.82, 2.24) is 20.0 Å². The first-order valence-corrected chi connectivity index (χ1v) is 11.1. The maximum Gasteiger partial charge on any atom is 0.253 e. The Morgan fingerprint density at radius 2 is 1.59 bits per heavy atom. The average molecular weight is 431 g/mol. The molecule has 6 heteroatoms. The van der Waals surface area contributed by atoms with Crippen LogP contribution in [-0.4, -0.2) is 58.0 Å². The summed E-state index contributed by atoms with van der Waals surface area (Å²) < 4.78 is 0. The zero-order valence-electron chi connectivity index (χ0n) is 19.0. The summed E-state index contributed by atoms with van der Waals surface area (Å²) in [7, 11) is 0. The molecule has 0 aliphatic carbocycles. The molecule has 0 radical (unpaired) electrons. The summed E-state index contributed by atoms with van der Waals surface area (Å²) in [5.74, 6) is 0.187. The highest BCUT2D eigenvalue weighted by molar-refractivity contribution is 5.95. The van der Waals surface area contributed by atoms with Gasteiger partial charge >= 0.3 is 0 Å². The van der Waals surface area contributed by atoms with Crippen molar-refractivity contribution in [3.63, 3.8) is 0 Å². The van der Waals surface area contributed by atoms with Gasteiger partial charge in [-0.25, -0.2) is 0 Å². The van der Waals surface area contributed by atoms with Gasteiger partial charge in [0.05, 0.1) is 11.2 Å². The van der Waals surface area contributed by atoms with Crippen LogP contribution in [0.15, 0.2) is 48.5 Å². The molecule has 1 aromatic heterocycles. The molecular formula is C26H30N4O2. The second-order valence-electron chi connectivity index (χ2n) is 9.52. The first-order chi connectivity index (χ1) is 15.3. The molecule has 32 heavy (non-hydrogen) atoms. The molecule has 0 spiro atoms. The molecule has 6 nitrogen and oxygen atoms in total. The summed E-state index contributed by atoms with van der Waals surface area (Å²) in [5, 5.41) is 8.46. The molecular weight excluding hydrogens is 400 g/mol. The Morgan fingerprint density at radius 3 is 2.28 bits per heavy atom. The highest BCUT2D eigenvalue weighted by atomic mass is 16.2. The molecule has 1 aliphatic heterocycles.